The molecule has 0 unspecified atom stereocenters. The van der Waals surface area contributed by atoms with Crippen LogP contribution in [0.3, 0.4) is 0 Å². The van der Waals surface area contributed by atoms with Gasteiger partial charge in [-0.05, 0) is 46.3 Å². The maximum absolute atomic E-state index is 11.8. The van der Waals surface area contributed by atoms with Crippen LogP contribution in [0.25, 0.3) is 0 Å². The average Bonchev–Trinajstić information content (AvgIpc) is 2.86. The fraction of sp³-hybridized carbons (Fsp3) is 0.889. The molecule has 2 aliphatic rings. The molecule has 9 heteroatoms. The summed E-state index contributed by atoms with van der Waals surface area (Å²) >= 11 is 0. The van der Waals surface area contributed by atoms with Crippen LogP contribution < -0.4 is 10.6 Å². The summed E-state index contributed by atoms with van der Waals surface area (Å²) in [7, 11) is 4.00. The number of hydrogen-bond acceptors (Lipinski definition) is 5. The summed E-state index contributed by atoms with van der Waals surface area (Å²) in [6.07, 6.45) is 2.87. The molecule has 2 heterocycles. The van der Waals surface area contributed by atoms with E-state index in [1.807, 2.05) is 14.0 Å². The third-order valence-electron chi connectivity index (χ3n) is 5.12. The van der Waals surface area contributed by atoms with Gasteiger partial charge in [0.05, 0.1) is 6.61 Å². The maximum atomic E-state index is 11.8. The second-order valence-electron chi connectivity index (χ2n) is 7.10. The molecule has 0 aromatic heterocycles. The van der Waals surface area contributed by atoms with E-state index in [0.29, 0.717) is 12.6 Å². The van der Waals surface area contributed by atoms with Gasteiger partial charge >= 0.3 is 6.09 Å². The van der Waals surface area contributed by atoms with Crippen molar-refractivity contribution in [3.63, 3.8) is 0 Å². The largest absolute Gasteiger partial charge is 0.450 e. The Kier molecular flexibility index (Phi) is 12.0. The number of nitrogens with zero attached hydrogens (tertiary/aromatic N) is 4. The van der Waals surface area contributed by atoms with E-state index in [2.05, 4.69) is 32.5 Å². The highest BCUT2D eigenvalue weighted by molar-refractivity contribution is 14.0. The van der Waals surface area contributed by atoms with E-state index < -0.39 is 0 Å². The molecule has 2 N–H and O–H groups in total. The molecule has 8 nitrogen and oxygen atoms in total. The maximum Gasteiger partial charge on any atom is 0.409 e. The lowest BCUT2D eigenvalue weighted by molar-refractivity contribution is 0.0963. The summed E-state index contributed by atoms with van der Waals surface area (Å²) in [6, 6.07) is 0.346. The smallest absolute Gasteiger partial charge is 0.409 e. The van der Waals surface area contributed by atoms with Crippen LogP contribution in [0.5, 0.6) is 0 Å². The van der Waals surface area contributed by atoms with Gasteiger partial charge in [0.15, 0.2) is 5.96 Å². The Bertz CT molecular complexity index is 457. The predicted molar refractivity (Wildman–Crippen MR) is 120 cm³/mol. The van der Waals surface area contributed by atoms with Gasteiger partial charge in [0, 0.05) is 52.4 Å². The quantitative estimate of drug-likeness (QED) is 0.337. The molecule has 2 rings (SSSR count). The molecule has 2 fully saturated rings. The van der Waals surface area contributed by atoms with Gasteiger partial charge in [0.1, 0.15) is 0 Å². The summed E-state index contributed by atoms with van der Waals surface area (Å²) in [5.41, 5.74) is 0. The molecule has 27 heavy (non-hydrogen) atoms. The van der Waals surface area contributed by atoms with E-state index >= 15 is 0 Å². The normalized spacial score (nSPS) is 20.6. The van der Waals surface area contributed by atoms with Crippen molar-refractivity contribution in [1.82, 2.24) is 25.3 Å². The summed E-state index contributed by atoms with van der Waals surface area (Å²) in [5, 5.41) is 6.92. The first kappa shape index (κ1) is 24.2. The number of carbonyl (C=O) groups excluding carboxylic acids is 1. The van der Waals surface area contributed by atoms with E-state index in [0.717, 1.165) is 58.1 Å². The molecule has 0 spiro atoms. The van der Waals surface area contributed by atoms with Crippen molar-refractivity contribution < 1.29 is 9.53 Å². The highest BCUT2D eigenvalue weighted by Crippen LogP contribution is 2.11. The minimum Gasteiger partial charge on any atom is -0.450 e. The fourth-order valence-corrected chi connectivity index (χ4v) is 3.47. The standard InChI is InChI=1S/C18H36N6O2.HI/c1-4-26-18(25)24-11-6-16(7-12-24)21-17(19-2)20-8-13-23-10-5-9-22(3)14-15-23;/h16H,4-15H2,1-3H3,(H2,19,20,21);1H. The number of hydrogen-bond donors (Lipinski definition) is 2. The van der Waals surface area contributed by atoms with Crippen LogP contribution >= 0.6 is 24.0 Å². The van der Waals surface area contributed by atoms with Gasteiger partial charge in [0.2, 0.25) is 0 Å². The third-order valence-corrected chi connectivity index (χ3v) is 5.12. The first-order valence-electron chi connectivity index (χ1n) is 9.92. The number of nitrogens with one attached hydrogen (secondary N) is 2. The fourth-order valence-electron chi connectivity index (χ4n) is 3.47. The van der Waals surface area contributed by atoms with Crippen LogP contribution in [0.4, 0.5) is 4.79 Å². The summed E-state index contributed by atoms with van der Waals surface area (Å²) in [6.45, 7) is 10.3. The van der Waals surface area contributed by atoms with Gasteiger partial charge in [-0.15, -0.1) is 24.0 Å². The summed E-state index contributed by atoms with van der Waals surface area (Å²) < 4.78 is 5.07. The van der Waals surface area contributed by atoms with E-state index in [1.165, 1.54) is 19.5 Å². The van der Waals surface area contributed by atoms with Gasteiger partial charge in [-0.2, -0.15) is 0 Å². The van der Waals surface area contributed by atoms with Gasteiger partial charge in [0.25, 0.3) is 0 Å². The van der Waals surface area contributed by atoms with Crippen molar-refractivity contribution in [3.8, 4) is 0 Å². The molecular formula is C18H37IN6O2. The van der Waals surface area contributed by atoms with Crippen LogP contribution in [-0.4, -0.2) is 106 Å². The minimum atomic E-state index is -0.198. The lowest BCUT2D eigenvalue weighted by Gasteiger charge is -2.32. The Labute approximate surface area is 181 Å². The Balaban J connectivity index is 0.00000364. The lowest BCUT2D eigenvalue weighted by Crippen LogP contribution is -2.50. The highest BCUT2D eigenvalue weighted by atomic mass is 127. The zero-order chi connectivity index (χ0) is 18.8. The number of guanidine groups is 1. The van der Waals surface area contributed by atoms with Crippen molar-refractivity contribution >= 4 is 36.0 Å². The van der Waals surface area contributed by atoms with Crippen LogP contribution in [0.2, 0.25) is 0 Å². The Hall–Kier alpha value is -0.810. The zero-order valence-electron chi connectivity index (χ0n) is 17.1. The SMILES string of the molecule is CCOC(=O)N1CCC(NC(=NC)NCCN2CCCN(C)CC2)CC1.I. The van der Waals surface area contributed by atoms with E-state index in [-0.39, 0.29) is 30.1 Å². The predicted octanol–water partition coefficient (Wildman–Crippen LogP) is 1.03. The lowest BCUT2D eigenvalue weighted by atomic mass is 10.1. The molecule has 158 valence electrons. The molecule has 2 saturated heterocycles. The molecule has 0 atom stereocenters. The number of likely N-dealkylation sites (N-methyl/N-ethyl adjacent to an activating group) is 1. The minimum absolute atomic E-state index is 0. The summed E-state index contributed by atoms with van der Waals surface area (Å²) in [4.78, 5) is 22.8. The van der Waals surface area contributed by atoms with Crippen molar-refractivity contribution in [1.29, 1.82) is 0 Å². The number of rotatable bonds is 5. The molecule has 0 aliphatic carbocycles. The van der Waals surface area contributed by atoms with Crippen molar-refractivity contribution in [2.45, 2.75) is 32.2 Å². The van der Waals surface area contributed by atoms with Crippen molar-refractivity contribution in [2.75, 3.05) is 73.1 Å². The van der Waals surface area contributed by atoms with Crippen LogP contribution in [0.1, 0.15) is 26.2 Å². The molecule has 0 bridgehead atoms. The number of halogens is 1. The Morgan fingerprint density at radius 1 is 1.15 bits per heavy atom. The Morgan fingerprint density at radius 2 is 1.89 bits per heavy atom. The second-order valence-corrected chi connectivity index (χ2v) is 7.10. The number of amides is 1. The first-order chi connectivity index (χ1) is 12.6. The van der Waals surface area contributed by atoms with Crippen LogP contribution in [-0.2, 0) is 4.74 Å². The highest BCUT2D eigenvalue weighted by Gasteiger charge is 2.24. The van der Waals surface area contributed by atoms with Crippen molar-refractivity contribution in [2.24, 2.45) is 4.99 Å². The number of aliphatic imine (C=N–C) groups is 1. The Morgan fingerprint density at radius 3 is 2.56 bits per heavy atom. The number of ether oxygens (including phenoxy) is 1. The van der Waals surface area contributed by atoms with Crippen molar-refractivity contribution in [3.05, 3.63) is 0 Å². The van der Waals surface area contributed by atoms with Gasteiger partial charge in [-0.25, -0.2) is 4.79 Å². The second kappa shape index (κ2) is 13.4. The van der Waals surface area contributed by atoms with Gasteiger partial charge in [-0.3, -0.25) is 4.99 Å². The first-order valence-corrected chi connectivity index (χ1v) is 9.92. The molecule has 2 aliphatic heterocycles. The molecule has 0 aromatic carbocycles. The summed E-state index contributed by atoms with van der Waals surface area (Å²) in [5.74, 6) is 0.853. The molecule has 0 aromatic rings. The van der Waals surface area contributed by atoms with Crippen LogP contribution in [0.15, 0.2) is 4.99 Å². The van der Waals surface area contributed by atoms with Crippen LogP contribution in [0, 0.1) is 0 Å². The number of carbonyl (C=O) groups is 1. The monoisotopic (exact) mass is 496 g/mol. The molecule has 0 radical (unpaired) electrons. The van der Waals surface area contributed by atoms with Gasteiger partial charge in [-0.1, -0.05) is 0 Å². The molecular weight excluding hydrogens is 459 g/mol. The topological polar surface area (TPSA) is 72.4 Å². The molecule has 1 amide bonds. The number of piperidine rings is 1. The molecule has 0 saturated carbocycles. The average molecular weight is 496 g/mol. The van der Waals surface area contributed by atoms with E-state index in [1.54, 1.807) is 4.90 Å². The van der Waals surface area contributed by atoms with E-state index in [9.17, 15) is 4.79 Å². The van der Waals surface area contributed by atoms with Gasteiger partial charge < -0.3 is 30.1 Å². The third kappa shape index (κ3) is 8.82. The van der Waals surface area contributed by atoms with E-state index in [4.69, 9.17) is 4.74 Å². The zero-order valence-corrected chi connectivity index (χ0v) is 19.4. The number of likely N-dealkylation sites (tertiary alicyclic amines) is 1.